The Balaban J connectivity index is 2.11. The van der Waals surface area contributed by atoms with Crippen LogP contribution in [-0.2, 0) is 9.47 Å². The van der Waals surface area contributed by atoms with Crippen molar-refractivity contribution in [1.82, 2.24) is 0 Å². The molecule has 0 aliphatic carbocycles. The molecular formula is C10H19NO2. The van der Waals surface area contributed by atoms with Crippen molar-refractivity contribution in [2.45, 2.75) is 50.4 Å². The van der Waals surface area contributed by atoms with E-state index in [4.69, 9.17) is 15.2 Å². The fraction of sp³-hybridized carbons (Fsp3) is 1.00. The van der Waals surface area contributed by atoms with Gasteiger partial charge in [0, 0.05) is 19.6 Å². The van der Waals surface area contributed by atoms with Crippen molar-refractivity contribution >= 4 is 0 Å². The quantitative estimate of drug-likeness (QED) is 0.664. The Morgan fingerprint density at radius 1 is 1.38 bits per heavy atom. The molecule has 0 aromatic rings. The van der Waals surface area contributed by atoms with Crippen LogP contribution in [0.1, 0.15) is 33.1 Å². The van der Waals surface area contributed by atoms with E-state index in [1.807, 2.05) is 0 Å². The molecule has 0 saturated carbocycles. The van der Waals surface area contributed by atoms with Gasteiger partial charge in [0.15, 0.2) is 0 Å². The molecule has 2 rings (SSSR count). The third-order valence-electron chi connectivity index (χ3n) is 3.59. The van der Waals surface area contributed by atoms with E-state index in [1.54, 1.807) is 0 Å². The molecule has 0 bridgehead atoms. The van der Waals surface area contributed by atoms with Crippen LogP contribution in [-0.4, -0.2) is 30.5 Å². The van der Waals surface area contributed by atoms with Crippen molar-refractivity contribution in [1.29, 1.82) is 0 Å². The standard InChI is InChI=1S/C10H19NO2/c1-8-10(5-6-12-8)4-3-9(2,7-11)13-10/h8H,3-7,11H2,1-2H3. The molecule has 2 saturated heterocycles. The fourth-order valence-corrected chi connectivity index (χ4v) is 2.44. The van der Waals surface area contributed by atoms with Crippen LogP contribution < -0.4 is 5.73 Å². The van der Waals surface area contributed by atoms with E-state index >= 15 is 0 Å². The number of hydrogen-bond donors (Lipinski definition) is 1. The molecule has 2 N–H and O–H groups in total. The van der Waals surface area contributed by atoms with E-state index < -0.39 is 0 Å². The highest BCUT2D eigenvalue weighted by Gasteiger charge is 2.52. The highest BCUT2D eigenvalue weighted by atomic mass is 16.6. The Morgan fingerprint density at radius 3 is 2.62 bits per heavy atom. The molecule has 2 aliphatic rings. The van der Waals surface area contributed by atoms with Crippen molar-refractivity contribution in [3.8, 4) is 0 Å². The Hall–Kier alpha value is -0.120. The van der Waals surface area contributed by atoms with Gasteiger partial charge in [-0.25, -0.2) is 0 Å². The van der Waals surface area contributed by atoms with Crippen molar-refractivity contribution in [3.63, 3.8) is 0 Å². The summed E-state index contributed by atoms with van der Waals surface area (Å²) in [6, 6.07) is 0. The first kappa shape index (κ1) is 9.44. The SMILES string of the molecule is CC1OCCC12CCC(C)(CN)O2. The van der Waals surface area contributed by atoms with Crippen LogP contribution in [0.3, 0.4) is 0 Å². The molecule has 3 atom stereocenters. The van der Waals surface area contributed by atoms with Gasteiger partial charge in [-0.15, -0.1) is 0 Å². The molecule has 2 aliphatic heterocycles. The number of hydrogen-bond acceptors (Lipinski definition) is 3. The highest BCUT2D eigenvalue weighted by molar-refractivity contribution is 5.01. The zero-order valence-electron chi connectivity index (χ0n) is 8.51. The van der Waals surface area contributed by atoms with E-state index in [0.29, 0.717) is 6.54 Å². The van der Waals surface area contributed by atoms with Gasteiger partial charge >= 0.3 is 0 Å². The van der Waals surface area contributed by atoms with Crippen LogP contribution in [0, 0.1) is 0 Å². The predicted octanol–water partition coefficient (Wildman–Crippen LogP) is 1.06. The third-order valence-corrected chi connectivity index (χ3v) is 3.59. The van der Waals surface area contributed by atoms with E-state index in [0.717, 1.165) is 25.9 Å². The molecule has 3 unspecified atom stereocenters. The largest absolute Gasteiger partial charge is 0.375 e. The molecule has 2 fully saturated rings. The summed E-state index contributed by atoms with van der Waals surface area (Å²) < 4.78 is 11.7. The molecule has 13 heavy (non-hydrogen) atoms. The van der Waals surface area contributed by atoms with E-state index in [1.165, 1.54) is 0 Å². The lowest BCUT2D eigenvalue weighted by Crippen LogP contribution is -2.42. The van der Waals surface area contributed by atoms with E-state index in [9.17, 15) is 0 Å². The minimum Gasteiger partial charge on any atom is -0.375 e. The zero-order chi connectivity index (χ0) is 9.53. The summed E-state index contributed by atoms with van der Waals surface area (Å²) in [5.74, 6) is 0. The van der Waals surface area contributed by atoms with Crippen molar-refractivity contribution < 1.29 is 9.47 Å². The molecule has 2 heterocycles. The van der Waals surface area contributed by atoms with E-state index in [-0.39, 0.29) is 17.3 Å². The van der Waals surface area contributed by atoms with Crippen LogP contribution in [0.2, 0.25) is 0 Å². The Bertz CT molecular complexity index is 209. The summed E-state index contributed by atoms with van der Waals surface area (Å²) >= 11 is 0. The van der Waals surface area contributed by atoms with Gasteiger partial charge in [-0.2, -0.15) is 0 Å². The summed E-state index contributed by atoms with van der Waals surface area (Å²) in [6.45, 7) is 5.66. The second-order valence-electron chi connectivity index (χ2n) is 4.58. The highest BCUT2D eigenvalue weighted by Crippen LogP contribution is 2.45. The van der Waals surface area contributed by atoms with Crippen molar-refractivity contribution in [3.05, 3.63) is 0 Å². The number of ether oxygens (including phenoxy) is 2. The summed E-state index contributed by atoms with van der Waals surface area (Å²) in [5.41, 5.74) is 5.57. The van der Waals surface area contributed by atoms with Crippen LogP contribution in [0.4, 0.5) is 0 Å². The molecule has 1 spiro atoms. The van der Waals surface area contributed by atoms with Crippen molar-refractivity contribution in [2.24, 2.45) is 5.73 Å². The Kier molecular flexibility index (Phi) is 2.13. The predicted molar refractivity (Wildman–Crippen MR) is 50.5 cm³/mol. The fourth-order valence-electron chi connectivity index (χ4n) is 2.44. The Labute approximate surface area is 79.6 Å². The first-order valence-electron chi connectivity index (χ1n) is 5.12. The van der Waals surface area contributed by atoms with Crippen LogP contribution in [0.25, 0.3) is 0 Å². The minimum atomic E-state index is -0.109. The van der Waals surface area contributed by atoms with Crippen LogP contribution in [0.5, 0.6) is 0 Å². The first-order chi connectivity index (χ1) is 6.10. The maximum absolute atomic E-state index is 6.11. The minimum absolute atomic E-state index is 0.0197. The summed E-state index contributed by atoms with van der Waals surface area (Å²) in [5, 5.41) is 0. The second-order valence-corrected chi connectivity index (χ2v) is 4.58. The Morgan fingerprint density at radius 2 is 2.15 bits per heavy atom. The molecule has 0 amide bonds. The topological polar surface area (TPSA) is 44.5 Å². The van der Waals surface area contributed by atoms with Gasteiger partial charge in [0.25, 0.3) is 0 Å². The number of nitrogens with two attached hydrogens (primary N) is 1. The van der Waals surface area contributed by atoms with Crippen LogP contribution >= 0.6 is 0 Å². The van der Waals surface area contributed by atoms with Gasteiger partial charge in [0.1, 0.15) is 0 Å². The average Bonchev–Trinajstić information content (AvgIpc) is 2.62. The van der Waals surface area contributed by atoms with Gasteiger partial charge < -0.3 is 15.2 Å². The molecule has 0 radical (unpaired) electrons. The molecule has 3 nitrogen and oxygen atoms in total. The smallest absolute Gasteiger partial charge is 0.0971 e. The van der Waals surface area contributed by atoms with Gasteiger partial charge in [0.05, 0.1) is 17.3 Å². The lowest BCUT2D eigenvalue weighted by atomic mass is 9.92. The van der Waals surface area contributed by atoms with Gasteiger partial charge in [0.2, 0.25) is 0 Å². The zero-order valence-corrected chi connectivity index (χ0v) is 8.51. The molecule has 0 aromatic heterocycles. The normalized spacial score (nSPS) is 50.5. The van der Waals surface area contributed by atoms with E-state index in [2.05, 4.69) is 13.8 Å². The number of rotatable bonds is 1. The maximum Gasteiger partial charge on any atom is 0.0971 e. The summed E-state index contributed by atoms with van der Waals surface area (Å²) in [4.78, 5) is 0. The summed E-state index contributed by atoms with van der Waals surface area (Å²) in [6.07, 6.45) is 3.43. The van der Waals surface area contributed by atoms with Gasteiger partial charge in [-0.05, 0) is 26.7 Å². The molecule has 3 heteroatoms. The molecular weight excluding hydrogens is 166 g/mol. The molecule has 76 valence electrons. The van der Waals surface area contributed by atoms with Crippen molar-refractivity contribution in [2.75, 3.05) is 13.2 Å². The third kappa shape index (κ3) is 1.39. The maximum atomic E-state index is 6.11. The lowest BCUT2D eigenvalue weighted by Gasteiger charge is -2.31. The monoisotopic (exact) mass is 185 g/mol. The second kappa shape index (κ2) is 2.94. The van der Waals surface area contributed by atoms with Gasteiger partial charge in [-0.1, -0.05) is 0 Å². The van der Waals surface area contributed by atoms with Gasteiger partial charge in [-0.3, -0.25) is 0 Å². The summed E-state index contributed by atoms with van der Waals surface area (Å²) in [7, 11) is 0. The first-order valence-corrected chi connectivity index (χ1v) is 5.12. The lowest BCUT2D eigenvalue weighted by molar-refractivity contribution is -0.116. The molecule has 0 aromatic carbocycles. The average molecular weight is 185 g/mol. The van der Waals surface area contributed by atoms with Crippen LogP contribution in [0.15, 0.2) is 0 Å².